The summed E-state index contributed by atoms with van der Waals surface area (Å²) in [6.45, 7) is 6.54. The number of esters is 3. The summed E-state index contributed by atoms with van der Waals surface area (Å²) < 4.78 is 23.4. The average molecular weight is 482 g/mol. The molecule has 11 heteroatoms. The Balaban J connectivity index is 2.02. The fourth-order valence-electron chi connectivity index (χ4n) is 3.61. The molecule has 1 fully saturated rings. The second kappa shape index (κ2) is 12.4. The molecular formula is C23H33N2O9+. The monoisotopic (exact) mass is 481 g/mol. The minimum absolute atomic E-state index is 0.196. The Labute approximate surface area is 198 Å². The lowest BCUT2D eigenvalue weighted by molar-refractivity contribution is -0.765. The van der Waals surface area contributed by atoms with E-state index in [0.29, 0.717) is 12.8 Å². The summed E-state index contributed by atoms with van der Waals surface area (Å²) in [5.41, 5.74) is 5.59. The summed E-state index contributed by atoms with van der Waals surface area (Å²) in [7, 11) is 0. The van der Waals surface area contributed by atoms with Crippen LogP contribution in [-0.2, 0) is 33.3 Å². The van der Waals surface area contributed by atoms with Crippen molar-refractivity contribution in [3.63, 3.8) is 0 Å². The van der Waals surface area contributed by atoms with E-state index in [1.54, 1.807) is 23.8 Å². The van der Waals surface area contributed by atoms with E-state index in [1.165, 1.54) is 19.2 Å². The van der Waals surface area contributed by atoms with Crippen LogP contribution in [-0.4, -0.2) is 59.9 Å². The Morgan fingerprint density at radius 3 is 2.50 bits per heavy atom. The van der Waals surface area contributed by atoms with E-state index >= 15 is 0 Å². The molecule has 0 aromatic carbocycles. The van der Waals surface area contributed by atoms with Crippen molar-refractivity contribution in [1.82, 2.24) is 0 Å². The van der Waals surface area contributed by atoms with Crippen molar-refractivity contribution in [2.75, 3.05) is 6.61 Å². The number of hydrogen-bond donors (Lipinski definition) is 2. The quantitative estimate of drug-likeness (QED) is 0.262. The maximum Gasteiger partial charge on any atom is 0.335 e. The molecule has 2 rings (SSSR count). The zero-order valence-corrected chi connectivity index (χ0v) is 19.8. The summed E-state index contributed by atoms with van der Waals surface area (Å²) >= 11 is 0. The van der Waals surface area contributed by atoms with Gasteiger partial charge in [0.1, 0.15) is 24.4 Å². The fourth-order valence-corrected chi connectivity index (χ4v) is 3.61. The van der Waals surface area contributed by atoms with Crippen LogP contribution in [0.3, 0.4) is 0 Å². The third kappa shape index (κ3) is 7.22. The lowest BCUT2D eigenvalue weighted by atomic mass is 10.0. The first-order chi connectivity index (χ1) is 16.1. The van der Waals surface area contributed by atoms with Gasteiger partial charge in [0.2, 0.25) is 0 Å². The topological polar surface area (TPSA) is 155 Å². The van der Waals surface area contributed by atoms with E-state index in [2.05, 4.69) is 0 Å². The van der Waals surface area contributed by atoms with Crippen LogP contribution < -0.4 is 10.3 Å². The number of pyridine rings is 1. The molecule has 3 N–H and O–H groups in total. The normalized spacial score (nSPS) is 22.8. The molecule has 1 saturated heterocycles. The number of aromatic nitrogens is 1. The Morgan fingerprint density at radius 2 is 1.91 bits per heavy atom. The first kappa shape index (κ1) is 27.2. The number of aliphatic hydroxyl groups is 1. The molecule has 0 radical (unpaired) electrons. The van der Waals surface area contributed by atoms with E-state index in [1.807, 2.05) is 13.8 Å². The molecule has 0 bridgehead atoms. The number of primary amides is 1. The van der Waals surface area contributed by atoms with E-state index in [4.69, 9.17) is 24.7 Å². The minimum atomic E-state index is -1.64. The summed E-state index contributed by atoms with van der Waals surface area (Å²) in [6, 6.07) is 3.14. The van der Waals surface area contributed by atoms with Gasteiger partial charge in [0.25, 0.3) is 5.91 Å². The molecule has 1 aliphatic heterocycles. The summed E-state index contributed by atoms with van der Waals surface area (Å²) in [6.07, 6.45) is -0.387. The predicted octanol–water partition coefficient (Wildman–Crippen LogP) is 0.564. The van der Waals surface area contributed by atoms with E-state index in [0.717, 1.165) is 0 Å². The van der Waals surface area contributed by atoms with Gasteiger partial charge in [-0.25, -0.2) is 4.79 Å². The predicted molar refractivity (Wildman–Crippen MR) is 116 cm³/mol. The molecule has 1 aromatic heterocycles. The molecule has 34 heavy (non-hydrogen) atoms. The third-order valence-corrected chi connectivity index (χ3v) is 5.64. The van der Waals surface area contributed by atoms with Gasteiger partial charge in [-0.1, -0.05) is 20.8 Å². The van der Waals surface area contributed by atoms with Gasteiger partial charge in [0.15, 0.2) is 24.6 Å². The molecule has 11 nitrogen and oxygen atoms in total. The van der Waals surface area contributed by atoms with Gasteiger partial charge in [0, 0.05) is 18.9 Å². The second-order valence-electron chi connectivity index (χ2n) is 8.18. The number of ether oxygens (including phenoxy) is 4. The molecule has 0 saturated carbocycles. The molecule has 1 aliphatic rings. The van der Waals surface area contributed by atoms with Crippen LogP contribution in [0.2, 0.25) is 0 Å². The van der Waals surface area contributed by atoms with Gasteiger partial charge in [-0.15, -0.1) is 0 Å². The Kier molecular flexibility index (Phi) is 9.94. The number of nitrogens with two attached hydrogens (primary N) is 1. The first-order valence-corrected chi connectivity index (χ1v) is 11.2. The number of nitrogens with zero attached hydrogens (tertiary/aromatic N) is 1. The Morgan fingerprint density at radius 1 is 1.24 bits per heavy atom. The summed E-state index contributed by atoms with van der Waals surface area (Å²) in [5, 5.41) is 9.97. The lowest BCUT2D eigenvalue weighted by Gasteiger charge is -2.18. The lowest BCUT2D eigenvalue weighted by Crippen LogP contribution is -2.46. The van der Waals surface area contributed by atoms with Crippen LogP contribution in [0.4, 0.5) is 0 Å². The molecule has 1 aromatic rings. The largest absolute Gasteiger partial charge is 0.463 e. The molecule has 0 aliphatic carbocycles. The van der Waals surface area contributed by atoms with Crippen molar-refractivity contribution in [2.24, 2.45) is 11.7 Å². The highest BCUT2D eigenvalue weighted by Gasteiger charge is 2.50. The number of amides is 1. The van der Waals surface area contributed by atoms with E-state index in [9.17, 15) is 24.3 Å². The number of carbonyl (C=O) groups is 4. The molecule has 5 atom stereocenters. The van der Waals surface area contributed by atoms with Crippen molar-refractivity contribution < 1.29 is 47.8 Å². The van der Waals surface area contributed by atoms with E-state index < -0.39 is 54.8 Å². The van der Waals surface area contributed by atoms with Crippen LogP contribution in [0, 0.1) is 5.92 Å². The standard InChI is InChI=1S/C23H32N2O9/c1-5-16(6-2)33-23(30)17(27)10-19(28)31-12-18-13(3)20(32-14(4)26)22(34-18)25-9-7-8-15(11-25)21(24)29/h7-9,11,13,16-18,20,22,27H,5-6,10,12H2,1-4H3,(H-,24,29)/p+1/t13-,17+,18-,20-,22-/m1/s1. The van der Waals surface area contributed by atoms with Crippen molar-refractivity contribution in [2.45, 2.75) is 77.6 Å². The fraction of sp³-hybridized carbons (Fsp3) is 0.609. The van der Waals surface area contributed by atoms with Crippen LogP contribution in [0.5, 0.6) is 0 Å². The number of rotatable bonds is 11. The Bertz CT molecular complexity index is 887. The minimum Gasteiger partial charge on any atom is -0.463 e. The van der Waals surface area contributed by atoms with Gasteiger partial charge in [-0.05, 0) is 18.9 Å². The van der Waals surface area contributed by atoms with Crippen LogP contribution in [0.15, 0.2) is 24.5 Å². The SMILES string of the molecule is CCC(CC)OC(=O)[C@@H](O)CC(=O)OC[C@H]1O[C@@H]([n+]2cccc(C(N)=O)c2)[C@H](OC(C)=O)[C@@H]1C. The van der Waals surface area contributed by atoms with Crippen molar-refractivity contribution in [3.8, 4) is 0 Å². The number of carbonyl (C=O) groups excluding carboxylic acids is 4. The van der Waals surface area contributed by atoms with Crippen molar-refractivity contribution in [3.05, 3.63) is 30.1 Å². The summed E-state index contributed by atoms with van der Waals surface area (Å²) in [4.78, 5) is 47.3. The van der Waals surface area contributed by atoms with Gasteiger partial charge in [-0.2, -0.15) is 4.57 Å². The Hall–Kier alpha value is -3.05. The molecule has 0 unspecified atom stereocenters. The molecule has 0 spiro atoms. The smallest absolute Gasteiger partial charge is 0.335 e. The highest BCUT2D eigenvalue weighted by atomic mass is 16.6. The molecule has 188 valence electrons. The second-order valence-corrected chi connectivity index (χ2v) is 8.18. The van der Waals surface area contributed by atoms with Crippen molar-refractivity contribution >= 4 is 23.8 Å². The van der Waals surface area contributed by atoms with Crippen molar-refractivity contribution in [1.29, 1.82) is 0 Å². The molecular weight excluding hydrogens is 448 g/mol. The summed E-state index contributed by atoms with van der Waals surface area (Å²) in [5.74, 6) is -3.21. The van der Waals surface area contributed by atoms with Gasteiger partial charge >= 0.3 is 24.1 Å². The van der Waals surface area contributed by atoms with E-state index in [-0.39, 0.29) is 24.2 Å². The van der Waals surface area contributed by atoms with Gasteiger partial charge < -0.3 is 29.8 Å². The zero-order valence-electron chi connectivity index (χ0n) is 19.8. The third-order valence-electron chi connectivity index (χ3n) is 5.64. The first-order valence-electron chi connectivity index (χ1n) is 11.2. The molecule has 2 heterocycles. The maximum absolute atomic E-state index is 12.2. The van der Waals surface area contributed by atoms with Crippen LogP contribution >= 0.6 is 0 Å². The molecule has 1 amide bonds. The number of hydrogen-bond acceptors (Lipinski definition) is 9. The maximum atomic E-state index is 12.2. The van der Waals surface area contributed by atoms with Gasteiger partial charge in [0.05, 0.1) is 6.42 Å². The zero-order chi connectivity index (χ0) is 25.4. The highest BCUT2D eigenvalue weighted by molar-refractivity contribution is 5.92. The number of aliphatic hydroxyl groups excluding tert-OH is 1. The van der Waals surface area contributed by atoms with Crippen LogP contribution in [0.1, 0.15) is 63.5 Å². The highest BCUT2D eigenvalue weighted by Crippen LogP contribution is 2.33. The van der Waals surface area contributed by atoms with Crippen LogP contribution in [0.25, 0.3) is 0 Å². The van der Waals surface area contributed by atoms with Gasteiger partial charge in [-0.3, -0.25) is 14.4 Å². The average Bonchev–Trinajstić information content (AvgIpc) is 3.10.